The Morgan fingerprint density at radius 2 is 1.51 bits per heavy atom. The van der Waals surface area contributed by atoms with Gasteiger partial charge in [-0.05, 0) is 66.8 Å². The van der Waals surface area contributed by atoms with E-state index in [0.717, 1.165) is 26.6 Å². The molecular weight excluding hydrogens is 650 g/mol. The van der Waals surface area contributed by atoms with E-state index in [1.165, 1.54) is 4.90 Å². The molecule has 0 heterocycles. The summed E-state index contributed by atoms with van der Waals surface area (Å²) < 4.78 is 30.1. The maximum absolute atomic E-state index is 14.6. The van der Waals surface area contributed by atoms with E-state index in [4.69, 9.17) is 0 Å². The van der Waals surface area contributed by atoms with Crippen molar-refractivity contribution in [2.45, 2.75) is 51.6 Å². The number of halogens is 1. The van der Waals surface area contributed by atoms with E-state index in [1.54, 1.807) is 48.5 Å². The number of anilines is 1. The monoisotopic (exact) mass is 689 g/mol. The number of amides is 2. The van der Waals surface area contributed by atoms with E-state index in [9.17, 15) is 18.0 Å². The van der Waals surface area contributed by atoms with E-state index in [-0.39, 0.29) is 29.7 Å². The molecule has 236 valence electrons. The van der Waals surface area contributed by atoms with Gasteiger partial charge >= 0.3 is 0 Å². The number of sulfonamides is 1. The Hall–Kier alpha value is -3.95. The SMILES string of the molecule is Cc1ccc(S(=O)(=O)N(CC(=O)N(Cc2ccccc2C)C(Cc2ccccc2)C(=O)NCC(C)C)c2cccc(Br)c2)cc1. The first-order valence-corrected chi connectivity index (χ1v) is 17.2. The van der Waals surface area contributed by atoms with Crippen molar-refractivity contribution in [1.82, 2.24) is 10.2 Å². The van der Waals surface area contributed by atoms with Crippen molar-refractivity contribution in [3.05, 3.63) is 130 Å². The molecule has 0 radical (unpaired) electrons. The largest absolute Gasteiger partial charge is 0.354 e. The molecule has 7 nitrogen and oxygen atoms in total. The summed E-state index contributed by atoms with van der Waals surface area (Å²) in [5.41, 5.74) is 3.97. The summed E-state index contributed by atoms with van der Waals surface area (Å²) in [6, 6.07) is 29.8. The highest BCUT2D eigenvalue weighted by molar-refractivity contribution is 9.10. The van der Waals surface area contributed by atoms with Gasteiger partial charge in [0.2, 0.25) is 11.8 Å². The lowest BCUT2D eigenvalue weighted by Crippen LogP contribution is -2.53. The normalized spacial score (nSPS) is 12.0. The third-order valence-corrected chi connectivity index (χ3v) is 9.82. The number of nitrogens with one attached hydrogen (secondary N) is 1. The first kappa shape index (κ1) is 33.9. The van der Waals surface area contributed by atoms with E-state index in [0.29, 0.717) is 16.7 Å². The van der Waals surface area contributed by atoms with Crippen molar-refractivity contribution >= 4 is 43.5 Å². The standard InChI is InChI=1S/C36H40BrN3O4S/c1-26(2)23-38-36(42)34(21-29-12-6-5-7-13-29)39(24-30-14-9-8-11-28(30)4)35(41)25-40(32-16-10-15-31(37)22-32)45(43,44)33-19-17-27(3)18-20-33/h5-20,22,26,34H,21,23-25H2,1-4H3,(H,38,42). The summed E-state index contributed by atoms with van der Waals surface area (Å²) in [6.07, 6.45) is 0.268. The molecule has 9 heteroatoms. The molecule has 2 amide bonds. The summed E-state index contributed by atoms with van der Waals surface area (Å²) in [4.78, 5) is 30.0. The second kappa shape index (κ2) is 15.4. The molecule has 0 aliphatic carbocycles. The molecule has 0 bridgehead atoms. The van der Waals surface area contributed by atoms with Crippen molar-refractivity contribution in [3.8, 4) is 0 Å². The molecule has 45 heavy (non-hydrogen) atoms. The van der Waals surface area contributed by atoms with Crippen LogP contribution in [0, 0.1) is 19.8 Å². The Morgan fingerprint density at radius 3 is 2.16 bits per heavy atom. The van der Waals surface area contributed by atoms with Gasteiger partial charge in [0, 0.05) is 24.0 Å². The lowest BCUT2D eigenvalue weighted by atomic mass is 10.0. The number of rotatable bonds is 13. The molecule has 1 N–H and O–H groups in total. The molecule has 0 fully saturated rings. The van der Waals surface area contributed by atoms with Crippen molar-refractivity contribution in [3.63, 3.8) is 0 Å². The minimum absolute atomic E-state index is 0.0711. The van der Waals surface area contributed by atoms with Gasteiger partial charge < -0.3 is 10.2 Å². The van der Waals surface area contributed by atoms with Crippen LogP contribution in [0.4, 0.5) is 5.69 Å². The van der Waals surface area contributed by atoms with Crippen LogP contribution in [0.25, 0.3) is 0 Å². The minimum Gasteiger partial charge on any atom is -0.354 e. The maximum atomic E-state index is 14.6. The zero-order valence-corrected chi connectivity index (χ0v) is 28.5. The first-order chi connectivity index (χ1) is 21.5. The van der Waals surface area contributed by atoms with Crippen LogP contribution in [0.15, 0.2) is 112 Å². The molecule has 1 atom stereocenters. The minimum atomic E-state index is -4.16. The summed E-state index contributed by atoms with van der Waals surface area (Å²) in [7, 11) is -4.16. The van der Waals surface area contributed by atoms with Crippen LogP contribution >= 0.6 is 15.9 Å². The number of hydrogen-bond donors (Lipinski definition) is 1. The summed E-state index contributed by atoms with van der Waals surface area (Å²) in [5.74, 6) is -0.571. The van der Waals surface area contributed by atoms with Gasteiger partial charge in [0.1, 0.15) is 12.6 Å². The molecular formula is C36H40BrN3O4S. The number of aryl methyl sites for hydroxylation is 2. The topological polar surface area (TPSA) is 86.8 Å². The van der Waals surface area contributed by atoms with Gasteiger partial charge in [-0.1, -0.05) is 108 Å². The first-order valence-electron chi connectivity index (χ1n) is 15.0. The smallest absolute Gasteiger partial charge is 0.264 e. The van der Waals surface area contributed by atoms with E-state index < -0.39 is 28.5 Å². The third-order valence-electron chi connectivity index (χ3n) is 7.54. The molecule has 0 saturated carbocycles. The summed E-state index contributed by atoms with van der Waals surface area (Å²) in [5, 5.41) is 3.02. The maximum Gasteiger partial charge on any atom is 0.264 e. The molecule has 0 saturated heterocycles. The van der Waals surface area contributed by atoms with Gasteiger partial charge in [0.05, 0.1) is 10.6 Å². The van der Waals surface area contributed by atoms with Crippen LogP contribution in [0.3, 0.4) is 0 Å². The molecule has 0 spiro atoms. The van der Waals surface area contributed by atoms with Crippen molar-refractivity contribution in [1.29, 1.82) is 0 Å². The van der Waals surface area contributed by atoms with Crippen LogP contribution in [-0.2, 0) is 32.6 Å². The van der Waals surface area contributed by atoms with E-state index in [1.807, 2.05) is 82.3 Å². The van der Waals surface area contributed by atoms with Gasteiger partial charge in [0.15, 0.2) is 0 Å². The third kappa shape index (κ3) is 9.05. The van der Waals surface area contributed by atoms with Crippen LogP contribution in [-0.4, -0.2) is 44.3 Å². The molecule has 0 aromatic heterocycles. The van der Waals surface area contributed by atoms with Crippen LogP contribution in [0.2, 0.25) is 0 Å². The van der Waals surface area contributed by atoms with E-state index in [2.05, 4.69) is 21.2 Å². The van der Waals surface area contributed by atoms with Gasteiger partial charge in [0.25, 0.3) is 10.0 Å². The second-order valence-electron chi connectivity index (χ2n) is 11.6. The highest BCUT2D eigenvalue weighted by atomic mass is 79.9. The fourth-order valence-electron chi connectivity index (χ4n) is 4.94. The highest BCUT2D eigenvalue weighted by Crippen LogP contribution is 2.28. The number of carbonyl (C=O) groups excluding carboxylic acids is 2. The molecule has 1 unspecified atom stereocenters. The van der Waals surface area contributed by atoms with Crippen molar-refractivity contribution < 1.29 is 18.0 Å². The molecule has 4 aromatic carbocycles. The number of nitrogens with zero attached hydrogens (tertiary/aromatic N) is 2. The average molecular weight is 691 g/mol. The van der Waals surface area contributed by atoms with Crippen molar-refractivity contribution in [2.24, 2.45) is 5.92 Å². The Labute approximate surface area is 275 Å². The second-order valence-corrected chi connectivity index (χ2v) is 14.4. The number of benzene rings is 4. The van der Waals surface area contributed by atoms with Crippen molar-refractivity contribution in [2.75, 3.05) is 17.4 Å². The Balaban J connectivity index is 1.81. The van der Waals surface area contributed by atoms with E-state index >= 15 is 0 Å². The fourth-order valence-corrected chi connectivity index (χ4v) is 6.74. The lowest BCUT2D eigenvalue weighted by molar-refractivity contribution is -0.140. The van der Waals surface area contributed by atoms with Gasteiger partial charge in [-0.2, -0.15) is 0 Å². The van der Waals surface area contributed by atoms with Gasteiger partial charge in [-0.3, -0.25) is 13.9 Å². The summed E-state index contributed by atoms with van der Waals surface area (Å²) >= 11 is 3.45. The fraction of sp³-hybridized carbons (Fsp3) is 0.278. The Kier molecular flexibility index (Phi) is 11.6. The highest BCUT2D eigenvalue weighted by Gasteiger charge is 2.35. The summed E-state index contributed by atoms with van der Waals surface area (Å²) in [6.45, 7) is 7.94. The van der Waals surface area contributed by atoms with Crippen LogP contribution in [0.1, 0.15) is 36.1 Å². The predicted octanol–water partition coefficient (Wildman–Crippen LogP) is 6.67. The zero-order valence-electron chi connectivity index (χ0n) is 26.1. The number of carbonyl (C=O) groups is 2. The zero-order chi connectivity index (χ0) is 32.6. The lowest BCUT2D eigenvalue weighted by Gasteiger charge is -2.34. The quantitative estimate of drug-likeness (QED) is 0.170. The van der Waals surface area contributed by atoms with Gasteiger partial charge in [-0.25, -0.2) is 8.42 Å². The molecule has 4 rings (SSSR count). The Morgan fingerprint density at radius 1 is 0.844 bits per heavy atom. The Bertz CT molecular complexity index is 1710. The number of hydrogen-bond acceptors (Lipinski definition) is 4. The predicted molar refractivity (Wildman–Crippen MR) is 183 cm³/mol. The average Bonchev–Trinajstić information content (AvgIpc) is 3.01. The molecule has 4 aromatic rings. The van der Waals surface area contributed by atoms with Gasteiger partial charge in [-0.15, -0.1) is 0 Å². The van der Waals surface area contributed by atoms with Crippen LogP contribution < -0.4 is 9.62 Å². The molecule has 0 aliphatic heterocycles. The molecule has 0 aliphatic rings. The van der Waals surface area contributed by atoms with Crippen LogP contribution in [0.5, 0.6) is 0 Å².